The van der Waals surface area contributed by atoms with Gasteiger partial charge < -0.3 is 9.47 Å². The van der Waals surface area contributed by atoms with E-state index in [0.717, 1.165) is 0 Å². The maximum Gasteiger partial charge on any atom is 0.452 e. The molecule has 0 fully saturated rings. The molecule has 0 bridgehead atoms. The number of carbonyl (C=O) groups excluding carboxylic acids is 2. The molecule has 1 aromatic heterocycles. The molecule has 9 nitrogen and oxygen atoms in total. The van der Waals surface area contributed by atoms with Gasteiger partial charge in [-0.25, -0.2) is 9.59 Å². The van der Waals surface area contributed by atoms with Gasteiger partial charge in [0.2, 0.25) is 0 Å². The summed E-state index contributed by atoms with van der Waals surface area (Å²) in [6.45, 7) is 11.6. The van der Waals surface area contributed by atoms with Crippen LogP contribution in [0.15, 0.2) is 15.0 Å². The van der Waals surface area contributed by atoms with Gasteiger partial charge in [-0.05, 0) is 48.5 Å². The van der Waals surface area contributed by atoms with Crippen LogP contribution in [0.2, 0.25) is 0 Å². The summed E-state index contributed by atoms with van der Waals surface area (Å²) in [7, 11) is 0. The number of ether oxygens (including phenoxy) is 2. The molecule has 0 aliphatic carbocycles. The fourth-order valence-corrected chi connectivity index (χ4v) is 1.46. The highest BCUT2D eigenvalue weighted by Crippen LogP contribution is 2.14. The molecular weight excluding hydrogens is 304 g/mol. The summed E-state index contributed by atoms with van der Waals surface area (Å²) in [6.07, 6.45) is -1.80. The average Bonchev–Trinajstić information content (AvgIpc) is 2.58. The molecule has 0 aliphatic rings. The van der Waals surface area contributed by atoms with Crippen LogP contribution in [-0.2, 0) is 9.47 Å². The van der Waals surface area contributed by atoms with E-state index in [1.807, 2.05) is 0 Å². The molecule has 128 valence electrons. The van der Waals surface area contributed by atoms with Gasteiger partial charge in [-0.15, -0.1) is 9.80 Å². The largest absolute Gasteiger partial charge is 0.452 e. The van der Waals surface area contributed by atoms with Crippen molar-refractivity contribution in [2.24, 2.45) is 10.2 Å². The molecule has 0 aliphatic heterocycles. The number of hydrogen-bond acceptors (Lipinski definition) is 6. The quantitative estimate of drug-likeness (QED) is 0.795. The number of amides is 1. The van der Waals surface area contributed by atoms with Crippen LogP contribution in [-0.4, -0.2) is 33.2 Å². The van der Waals surface area contributed by atoms with Gasteiger partial charge in [-0.3, -0.25) is 9.89 Å². The van der Waals surface area contributed by atoms with Gasteiger partial charge in [0.1, 0.15) is 11.2 Å². The minimum Gasteiger partial charge on any atom is -0.442 e. The summed E-state index contributed by atoms with van der Waals surface area (Å²) in [4.78, 5) is 35.5. The Balaban J connectivity index is 3.01. The predicted molar refractivity (Wildman–Crippen MR) is 82.2 cm³/mol. The number of azo groups is 1. The fourth-order valence-electron chi connectivity index (χ4n) is 1.46. The lowest BCUT2D eigenvalue weighted by molar-refractivity contribution is 0.0507. The monoisotopic (exact) mass is 326 g/mol. The first-order chi connectivity index (χ1) is 10.3. The van der Waals surface area contributed by atoms with Crippen molar-refractivity contribution in [1.29, 1.82) is 0 Å². The van der Waals surface area contributed by atoms with Crippen LogP contribution in [0.5, 0.6) is 0 Å². The average molecular weight is 326 g/mol. The second-order valence-electron chi connectivity index (χ2n) is 6.89. The molecule has 0 saturated carbocycles. The van der Waals surface area contributed by atoms with Crippen molar-refractivity contribution in [1.82, 2.24) is 9.78 Å². The minimum atomic E-state index is -0.929. The molecule has 1 rings (SSSR count). The van der Waals surface area contributed by atoms with Gasteiger partial charge in [-0.2, -0.15) is 0 Å². The lowest BCUT2D eigenvalue weighted by Gasteiger charge is -2.18. The molecule has 0 spiro atoms. The first-order valence-electron chi connectivity index (χ1n) is 7.00. The second-order valence-corrected chi connectivity index (χ2v) is 6.89. The molecule has 0 aromatic carbocycles. The molecule has 0 unspecified atom stereocenters. The SMILES string of the molecule is Cc1[nH]n(C(=O)OC(C)(C)C)c(=O)c1N=NC(=O)OC(C)(C)C. The summed E-state index contributed by atoms with van der Waals surface area (Å²) in [5.41, 5.74) is -2.13. The Morgan fingerprint density at radius 3 is 2.04 bits per heavy atom. The Hall–Kier alpha value is -2.45. The number of aromatic nitrogens is 2. The van der Waals surface area contributed by atoms with Crippen LogP contribution in [0.25, 0.3) is 0 Å². The first kappa shape index (κ1) is 18.6. The summed E-state index contributed by atoms with van der Waals surface area (Å²) in [5, 5.41) is 9.43. The standard InChI is InChI=1S/C14H22N4O5/c1-8-9(15-16-11(20)22-13(2,3)4)10(19)18(17-8)12(21)23-14(5,6)7/h17H,1-7H3. The van der Waals surface area contributed by atoms with Gasteiger partial charge >= 0.3 is 17.7 Å². The minimum absolute atomic E-state index is 0.165. The first-order valence-corrected chi connectivity index (χ1v) is 7.00. The van der Waals surface area contributed by atoms with E-state index in [9.17, 15) is 14.4 Å². The Labute approximate surface area is 133 Å². The van der Waals surface area contributed by atoms with Crippen molar-refractivity contribution in [3.8, 4) is 0 Å². The molecule has 1 heterocycles. The van der Waals surface area contributed by atoms with Crippen molar-refractivity contribution in [3.05, 3.63) is 16.0 Å². The van der Waals surface area contributed by atoms with Crippen LogP contribution >= 0.6 is 0 Å². The summed E-state index contributed by atoms with van der Waals surface area (Å²) >= 11 is 0. The Kier molecular flexibility index (Phi) is 5.13. The maximum absolute atomic E-state index is 12.1. The van der Waals surface area contributed by atoms with Crippen LogP contribution < -0.4 is 5.56 Å². The van der Waals surface area contributed by atoms with E-state index in [2.05, 4.69) is 15.3 Å². The highest BCUT2D eigenvalue weighted by Gasteiger charge is 2.23. The van der Waals surface area contributed by atoms with E-state index in [1.165, 1.54) is 6.92 Å². The molecular formula is C14H22N4O5. The Morgan fingerprint density at radius 1 is 1.04 bits per heavy atom. The maximum atomic E-state index is 12.1. The van der Waals surface area contributed by atoms with Crippen LogP contribution in [0.1, 0.15) is 47.2 Å². The predicted octanol–water partition coefficient (Wildman–Crippen LogP) is 3.29. The Bertz CT molecular complexity index is 685. The van der Waals surface area contributed by atoms with Crippen LogP contribution in [0, 0.1) is 6.92 Å². The molecule has 23 heavy (non-hydrogen) atoms. The van der Waals surface area contributed by atoms with E-state index in [4.69, 9.17) is 9.47 Å². The number of aromatic amines is 1. The van der Waals surface area contributed by atoms with Crippen molar-refractivity contribution >= 4 is 17.9 Å². The molecule has 1 aromatic rings. The highest BCUT2D eigenvalue weighted by atomic mass is 16.6. The molecule has 0 saturated heterocycles. The van der Waals surface area contributed by atoms with Gasteiger partial charge in [0.05, 0.1) is 5.69 Å². The summed E-state index contributed by atoms with van der Waals surface area (Å²) in [6, 6.07) is 0. The van der Waals surface area contributed by atoms with E-state index in [1.54, 1.807) is 41.5 Å². The third-order valence-corrected chi connectivity index (χ3v) is 2.24. The lowest BCUT2D eigenvalue weighted by Crippen LogP contribution is -2.32. The number of nitrogens with zero attached hydrogens (tertiary/aromatic N) is 3. The third kappa shape index (κ3) is 5.68. The van der Waals surface area contributed by atoms with E-state index in [0.29, 0.717) is 4.68 Å². The number of carbonyl (C=O) groups is 2. The number of nitrogens with one attached hydrogen (secondary N) is 1. The lowest BCUT2D eigenvalue weighted by atomic mass is 10.2. The molecule has 1 amide bonds. The van der Waals surface area contributed by atoms with Gasteiger partial charge in [0.25, 0.3) is 0 Å². The summed E-state index contributed by atoms with van der Waals surface area (Å²) in [5.74, 6) is 0. The molecule has 0 atom stereocenters. The zero-order chi connectivity index (χ0) is 18.0. The molecule has 1 N–H and O–H groups in total. The van der Waals surface area contributed by atoms with Crippen molar-refractivity contribution < 1.29 is 19.1 Å². The third-order valence-electron chi connectivity index (χ3n) is 2.24. The van der Waals surface area contributed by atoms with E-state index < -0.39 is 28.9 Å². The highest BCUT2D eigenvalue weighted by molar-refractivity contribution is 5.71. The number of rotatable bonds is 1. The smallest absolute Gasteiger partial charge is 0.442 e. The number of hydrogen-bond donors (Lipinski definition) is 1. The number of aryl methyl sites for hydroxylation is 1. The zero-order valence-electron chi connectivity index (χ0n) is 14.4. The summed E-state index contributed by atoms with van der Waals surface area (Å²) < 4.78 is 10.7. The Morgan fingerprint density at radius 2 is 1.57 bits per heavy atom. The van der Waals surface area contributed by atoms with Crippen LogP contribution in [0.4, 0.5) is 15.3 Å². The topological polar surface area (TPSA) is 115 Å². The van der Waals surface area contributed by atoms with Crippen LogP contribution in [0.3, 0.4) is 0 Å². The van der Waals surface area contributed by atoms with Crippen molar-refractivity contribution in [2.75, 3.05) is 0 Å². The normalized spacial score (nSPS) is 12.5. The molecule has 9 heteroatoms. The number of H-pyrrole nitrogens is 1. The van der Waals surface area contributed by atoms with E-state index >= 15 is 0 Å². The molecule has 0 radical (unpaired) electrons. The van der Waals surface area contributed by atoms with Gasteiger partial charge in [-0.1, -0.05) is 5.11 Å². The van der Waals surface area contributed by atoms with Crippen molar-refractivity contribution in [3.63, 3.8) is 0 Å². The van der Waals surface area contributed by atoms with E-state index in [-0.39, 0.29) is 11.4 Å². The van der Waals surface area contributed by atoms with Crippen molar-refractivity contribution in [2.45, 2.75) is 59.7 Å². The zero-order valence-corrected chi connectivity index (χ0v) is 14.4. The second kappa shape index (κ2) is 6.35. The van der Waals surface area contributed by atoms with Gasteiger partial charge in [0.15, 0.2) is 5.69 Å². The van der Waals surface area contributed by atoms with Gasteiger partial charge in [0, 0.05) is 0 Å². The fraction of sp³-hybridized carbons (Fsp3) is 0.643.